The van der Waals surface area contributed by atoms with Crippen LogP contribution in [0.5, 0.6) is 0 Å². The van der Waals surface area contributed by atoms with Crippen molar-refractivity contribution >= 4 is 11.8 Å². The Morgan fingerprint density at radius 2 is 2.05 bits per heavy atom. The van der Waals surface area contributed by atoms with E-state index in [9.17, 15) is 0 Å². The van der Waals surface area contributed by atoms with Gasteiger partial charge >= 0.3 is 0 Å². The first-order valence-electron chi connectivity index (χ1n) is 7.54. The molecule has 0 radical (unpaired) electrons. The molecule has 0 aliphatic carbocycles. The van der Waals surface area contributed by atoms with Crippen LogP contribution < -0.4 is 0 Å². The molecule has 0 aromatic carbocycles. The fourth-order valence-electron chi connectivity index (χ4n) is 3.29. The van der Waals surface area contributed by atoms with Crippen molar-refractivity contribution in [1.29, 1.82) is 0 Å². The van der Waals surface area contributed by atoms with Gasteiger partial charge in [0, 0.05) is 24.9 Å². The maximum atomic E-state index is 4.69. The molecule has 0 N–H and O–H groups in total. The van der Waals surface area contributed by atoms with Gasteiger partial charge in [-0.05, 0) is 44.0 Å². The molecule has 19 heavy (non-hydrogen) atoms. The minimum absolute atomic E-state index is 0.625. The predicted octanol–water partition coefficient (Wildman–Crippen LogP) is 3.18. The molecule has 3 aliphatic heterocycles. The molecule has 0 amide bonds. The highest BCUT2D eigenvalue weighted by Gasteiger charge is 2.36. The van der Waals surface area contributed by atoms with E-state index < -0.39 is 0 Å². The zero-order valence-corrected chi connectivity index (χ0v) is 12.5. The van der Waals surface area contributed by atoms with Crippen molar-refractivity contribution in [2.45, 2.75) is 43.6 Å². The summed E-state index contributed by atoms with van der Waals surface area (Å²) in [6.07, 6.45) is 8.93. The summed E-state index contributed by atoms with van der Waals surface area (Å²) in [6, 6.07) is 0. The molecule has 104 valence electrons. The third-order valence-corrected chi connectivity index (χ3v) is 5.52. The van der Waals surface area contributed by atoms with Crippen molar-refractivity contribution in [3.8, 4) is 0 Å². The molecule has 0 spiro atoms. The van der Waals surface area contributed by atoms with Crippen LogP contribution in [0.2, 0.25) is 0 Å². The first-order valence-corrected chi connectivity index (χ1v) is 8.53. The molecule has 1 aromatic rings. The molecule has 3 aliphatic rings. The Labute approximate surface area is 120 Å². The first kappa shape index (κ1) is 13.4. The number of unbranched alkanes of at least 4 members (excludes halogenated alkanes) is 1. The van der Waals surface area contributed by atoms with Crippen molar-refractivity contribution < 1.29 is 0 Å². The lowest BCUT2D eigenvalue weighted by Crippen LogP contribution is -2.46. The van der Waals surface area contributed by atoms with Crippen LogP contribution in [0, 0.1) is 5.92 Å². The Morgan fingerprint density at radius 1 is 1.26 bits per heavy atom. The maximum Gasteiger partial charge on any atom is 0.118 e. The van der Waals surface area contributed by atoms with Gasteiger partial charge in [0.25, 0.3) is 0 Å². The predicted molar refractivity (Wildman–Crippen MR) is 79.6 cm³/mol. The standard InChI is InChI=1S/C15H23N3S/c1-2-3-10-19-15-14(16-6-7-17-15)13-11-18-8-4-12(13)5-9-18/h6-7,12-13H,2-5,8-11H2,1H3. The zero-order valence-electron chi connectivity index (χ0n) is 11.7. The SMILES string of the molecule is CCCCSc1nccnc1C1CN2CCC1CC2. The Bertz CT molecular complexity index is 416. The molecule has 0 saturated carbocycles. The third kappa shape index (κ3) is 2.95. The number of piperidine rings is 3. The summed E-state index contributed by atoms with van der Waals surface area (Å²) in [5.41, 5.74) is 1.28. The van der Waals surface area contributed by atoms with Gasteiger partial charge in [-0.1, -0.05) is 13.3 Å². The molecule has 3 fully saturated rings. The Hall–Kier alpha value is -0.610. The molecule has 4 rings (SSSR count). The van der Waals surface area contributed by atoms with Crippen LogP contribution >= 0.6 is 11.8 Å². The summed E-state index contributed by atoms with van der Waals surface area (Å²) >= 11 is 1.90. The summed E-state index contributed by atoms with van der Waals surface area (Å²) in [5.74, 6) is 2.64. The number of hydrogen-bond acceptors (Lipinski definition) is 4. The number of aromatic nitrogens is 2. The molecular weight excluding hydrogens is 254 g/mol. The largest absolute Gasteiger partial charge is 0.303 e. The molecule has 1 unspecified atom stereocenters. The zero-order chi connectivity index (χ0) is 13.1. The second kappa shape index (κ2) is 6.23. The summed E-state index contributed by atoms with van der Waals surface area (Å²) in [7, 11) is 0. The van der Waals surface area contributed by atoms with Gasteiger partial charge in [-0.2, -0.15) is 0 Å². The average molecular weight is 277 g/mol. The number of nitrogens with zero attached hydrogens (tertiary/aromatic N) is 3. The van der Waals surface area contributed by atoms with Gasteiger partial charge in [-0.3, -0.25) is 4.98 Å². The lowest BCUT2D eigenvalue weighted by Gasteiger charge is -2.44. The van der Waals surface area contributed by atoms with Crippen LogP contribution in [0.3, 0.4) is 0 Å². The van der Waals surface area contributed by atoms with E-state index in [0.717, 1.165) is 5.92 Å². The lowest BCUT2D eigenvalue weighted by atomic mass is 9.77. The van der Waals surface area contributed by atoms with Gasteiger partial charge in [0.1, 0.15) is 5.03 Å². The molecule has 1 aromatic heterocycles. The van der Waals surface area contributed by atoms with Gasteiger partial charge in [0.05, 0.1) is 5.69 Å². The van der Waals surface area contributed by atoms with Gasteiger partial charge in [0.15, 0.2) is 0 Å². The lowest BCUT2D eigenvalue weighted by molar-refractivity contribution is 0.0840. The molecular formula is C15H23N3S. The van der Waals surface area contributed by atoms with E-state index in [1.54, 1.807) is 0 Å². The normalized spacial score (nSPS) is 29.6. The second-order valence-electron chi connectivity index (χ2n) is 5.69. The minimum Gasteiger partial charge on any atom is -0.303 e. The maximum absolute atomic E-state index is 4.69. The van der Waals surface area contributed by atoms with Gasteiger partial charge in [-0.15, -0.1) is 11.8 Å². The smallest absolute Gasteiger partial charge is 0.118 e. The van der Waals surface area contributed by atoms with Crippen molar-refractivity contribution in [1.82, 2.24) is 14.9 Å². The van der Waals surface area contributed by atoms with E-state index in [1.807, 2.05) is 24.2 Å². The van der Waals surface area contributed by atoms with Crippen LogP contribution in [0.15, 0.2) is 17.4 Å². The summed E-state index contributed by atoms with van der Waals surface area (Å²) in [5, 5.41) is 1.19. The highest BCUT2D eigenvalue weighted by atomic mass is 32.2. The van der Waals surface area contributed by atoms with E-state index in [-0.39, 0.29) is 0 Å². The molecule has 4 heteroatoms. The van der Waals surface area contributed by atoms with E-state index >= 15 is 0 Å². The van der Waals surface area contributed by atoms with Gasteiger partial charge in [0.2, 0.25) is 0 Å². The van der Waals surface area contributed by atoms with Gasteiger partial charge in [-0.25, -0.2) is 4.98 Å². The molecule has 3 nitrogen and oxygen atoms in total. The van der Waals surface area contributed by atoms with Crippen LogP contribution in [0.4, 0.5) is 0 Å². The van der Waals surface area contributed by atoms with E-state index in [0.29, 0.717) is 5.92 Å². The van der Waals surface area contributed by atoms with Crippen molar-refractivity contribution in [3.63, 3.8) is 0 Å². The van der Waals surface area contributed by atoms with Crippen LogP contribution in [0.1, 0.15) is 44.2 Å². The summed E-state index contributed by atoms with van der Waals surface area (Å²) in [6.45, 7) is 6.02. The third-order valence-electron chi connectivity index (χ3n) is 4.44. The number of rotatable bonds is 5. The van der Waals surface area contributed by atoms with E-state index in [2.05, 4.69) is 21.8 Å². The minimum atomic E-state index is 0.625. The van der Waals surface area contributed by atoms with E-state index in [1.165, 1.54) is 61.8 Å². The van der Waals surface area contributed by atoms with Gasteiger partial charge < -0.3 is 4.90 Å². The Morgan fingerprint density at radius 3 is 2.74 bits per heavy atom. The van der Waals surface area contributed by atoms with Crippen LogP contribution in [0.25, 0.3) is 0 Å². The average Bonchev–Trinajstić information content (AvgIpc) is 2.49. The quantitative estimate of drug-likeness (QED) is 0.610. The highest BCUT2D eigenvalue weighted by Crippen LogP contribution is 2.40. The monoisotopic (exact) mass is 277 g/mol. The fraction of sp³-hybridized carbons (Fsp3) is 0.733. The number of thioether (sulfide) groups is 1. The molecule has 1 atom stereocenters. The van der Waals surface area contributed by atoms with Crippen molar-refractivity contribution in [3.05, 3.63) is 18.1 Å². The Balaban J connectivity index is 1.76. The fourth-order valence-corrected chi connectivity index (χ4v) is 4.40. The molecule has 2 bridgehead atoms. The Kier molecular flexibility index (Phi) is 4.38. The van der Waals surface area contributed by atoms with E-state index in [4.69, 9.17) is 0 Å². The molecule has 3 saturated heterocycles. The summed E-state index contributed by atoms with van der Waals surface area (Å²) in [4.78, 5) is 11.9. The highest BCUT2D eigenvalue weighted by molar-refractivity contribution is 7.99. The van der Waals surface area contributed by atoms with Crippen LogP contribution in [-0.4, -0.2) is 40.3 Å². The number of fused-ring (bicyclic) bond motifs is 3. The first-order chi connectivity index (χ1) is 9.38. The topological polar surface area (TPSA) is 29.0 Å². The van der Waals surface area contributed by atoms with Crippen molar-refractivity contribution in [2.24, 2.45) is 5.92 Å². The van der Waals surface area contributed by atoms with Crippen LogP contribution in [-0.2, 0) is 0 Å². The number of hydrogen-bond donors (Lipinski definition) is 0. The van der Waals surface area contributed by atoms with Crippen molar-refractivity contribution in [2.75, 3.05) is 25.4 Å². The summed E-state index contributed by atoms with van der Waals surface area (Å²) < 4.78 is 0. The molecule has 4 heterocycles. The second-order valence-corrected chi connectivity index (χ2v) is 6.78.